The summed E-state index contributed by atoms with van der Waals surface area (Å²) in [5, 5.41) is 0. The maximum Gasteiger partial charge on any atom is 0.233 e. The summed E-state index contributed by atoms with van der Waals surface area (Å²) in [6, 6.07) is 0. The van der Waals surface area contributed by atoms with Crippen molar-refractivity contribution in [1.82, 2.24) is 14.7 Å². The number of morpholine rings is 1. The number of hydrogen-bond donors (Lipinski definition) is 0. The van der Waals surface area contributed by atoms with E-state index in [-0.39, 0.29) is 28.8 Å². The molecule has 3 fully saturated rings. The summed E-state index contributed by atoms with van der Waals surface area (Å²) in [7, 11) is 0. The molecule has 3 aliphatic heterocycles. The van der Waals surface area contributed by atoms with Crippen LogP contribution in [-0.4, -0.2) is 82.5 Å². The van der Waals surface area contributed by atoms with Gasteiger partial charge in [0, 0.05) is 48.6 Å². The predicted octanol–water partition coefficient (Wildman–Crippen LogP) is 3.15. The Kier molecular flexibility index (Phi) is 6.72. The lowest BCUT2D eigenvalue weighted by molar-refractivity contribution is -0.145. The minimum atomic E-state index is -0.434. The van der Waals surface area contributed by atoms with Crippen molar-refractivity contribution in [3.63, 3.8) is 0 Å². The molecule has 2 atom stereocenters. The molecule has 0 bridgehead atoms. The van der Waals surface area contributed by atoms with Gasteiger partial charge in [0.1, 0.15) is 0 Å². The van der Waals surface area contributed by atoms with Gasteiger partial charge < -0.3 is 4.74 Å². The van der Waals surface area contributed by atoms with Crippen LogP contribution in [0, 0.1) is 11.8 Å². The summed E-state index contributed by atoms with van der Waals surface area (Å²) in [4.78, 5) is 32.1. The first kappa shape index (κ1) is 23.7. The molecule has 2 amide bonds. The van der Waals surface area contributed by atoms with Gasteiger partial charge in [0.15, 0.2) is 0 Å². The van der Waals surface area contributed by atoms with E-state index in [1.54, 1.807) is 0 Å². The Balaban J connectivity index is 1.57. The van der Waals surface area contributed by atoms with Crippen LogP contribution in [0.25, 0.3) is 0 Å². The Bertz CT molecular complexity index is 647. The number of nitrogens with zero attached hydrogens (tertiary/aromatic N) is 3. The van der Waals surface area contributed by atoms with Crippen molar-refractivity contribution >= 4 is 11.8 Å². The molecule has 6 nitrogen and oxygen atoms in total. The molecule has 0 N–H and O–H groups in total. The SMILES string of the molecule is CC(C)(C)N1C(=O)CC(CC(C)(C)N2CCC(CC(C)(C)N3CCOCC3)C2)C1=O. The van der Waals surface area contributed by atoms with Gasteiger partial charge in [-0.15, -0.1) is 0 Å². The van der Waals surface area contributed by atoms with Gasteiger partial charge in [0.2, 0.25) is 11.8 Å². The van der Waals surface area contributed by atoms with Crippen molar-refractivity contribution in [2.24, 2.45) is 11.8 Å². The van der Waals surface area contributed by atoms with Gasteiger partial charge in [0.05, 0.1) is 13.2 Å². The minimum absolute atomic E-state index is 0.0140. The number of rotatable bonds is 6. The van der Waals surface area contributed by atoms with Crippen LogP contribution in [0.3, 0.4) is 0 Å². The first-order valence-electron chi connectivity index (χ1n) is 11.8. The molecule has 2 unspecified atom stereocenters. The molecule has 0 saturated carbocycles. The summed E-state index contributed by atoms with van der Waals surface area (Å²) >= 11 is 0. The average molecular weight is 422 g/mol. The molecular formula is C24H43N3O3. The van der Waals surface area contributed by atoms with Crippen molar-refractivity contribution in [3.05, 3.63) is 0 Å². The molecule has 3 heterocycles. The first-order valence-corrected chi connectivity index (χ1v) is 11.8. The summed E-state index contributed by atoms with van der Waals surface area (Å²) in [6.07, 6.45) is 3.52. The number of imide groups is 1. The van der Waals surface area contributed by atoms with Crippen LogP contribution in [0.5, 0.6) is 0 Å². The third-order valence-electron chi connectivity index (χ3n) is 7.45. The minimum Gasteiger partial charge on any atom is -0.379 e. The lowest BCUT2D eigenvalue weighted by atomic mass is 9.86. The largest absolute Gasteiger partial charge is 0.379 e. The number of carbonyl (C=O) groups excluding carboxylic acids is 2. The van der Waals surface area contributed by atoms with Crippen LogP contribution >= 0.6 is 0 Å². The highest BCUT2D eigenvalue weighted by Crippen LogP contribution is 2.38. The zero-order valence-corrected chi connectivity index (χ0v) is 20.3. The van der Waals surface area contributed by atoms with Gasteiger partial charge in [-0.05, 0) is 80.2 Å². The van der Waals surface area contributed by atoms with Crippen LogP contribution < -0.4 is 0 Å². The molecule has 0 aromatic carbocycles. The molecule has 3 rings (SSSR count). The van der Waals surface area contributed by atoms with Crippen molar-refractivity contribution in [1.29, 1.82) is 0 Å². The topological polar surface area (TPSA) is 53.1 Å². The highest BCUT2D eigenvalue weighted by molar-refractivity contribution is 6.04. The van der Waals surface area contributed by atoms with E-state index >= 15 is 0 Å². The standard InChI is InChI=1S/C24H43N3O3/c1-22(2,3)27-20(28)14-19(21(27)29)16-24(6,7)26-9-8-18(17-26)15-23(4,5)25-10-12-30-13-11-25/h18-19H,8-17H2,1-7H3. The van der Waals surface area contributed by atoms with Gasteiger partial charge in [-0.3, -0.25) is 24.3 Å². The molecule has 0 aliphatic carbocycles. The lowest BCUT2D eigenvalue weighted by Gasteiger charge is -2.42. The van der Waals surface area contributed by atoms with Crippen LogP contribution in [0.2, 0.25) is 0 Å². The van der Waals surface area contributed by atoms with Gasteiger partial charge in [-0.1, -0.05) is 0 Å². The van der Waals surface area contributed by atoms with Gasteiger partial charge >= 0.3 is 0 Å². The molecule has 0 aromatic heterocycles. The second-order valence-electron chi connectivity index (χ2n) is 11.9. The lowest BCUT2D eigenvalue weighted by Crippen LogP contribution is -2.51. The van der Waals surface area contributed by atoms with Crippen LogP contribution in [0.1, 0.15) is 74.1 Å². The normalized spacial score (nSPS) is 28.0. The smallest absolute Gasteiger partial charge is 0.233 e. The summed E-state index contributed by atoms with van der Waals surface area (Å²) in [6.45, 7) is 21.0. The maximum absolute atomic E-state index is 13.0. The highest BCUT2D eigenvalue weighted by Gasteiger charge is 2.47. The molecule has 3 aliphatic rings. The molecule has 30 heavy (non-hydrogen) atoms. The van der Waals surface area contributed by atoms with Crippen molar-refractivity contribution in [3.8, 4) is 0 Å². The Morgan fingerprint density at radius 3 is 2.03 bits per heavy atom. The van der Waals surface area contributed by atoms with E-state index in [4.69, 9.17) is 4.74 Å². The Morgan fingerprint density at radius 2 is 1.47 bits per heavy atom. The monoisotopic (exact) mass is 421 g/mol. The first-order chi connectivity index (χ1) is 13.8. The molecule has 0 radical (unpaired) electrons. The fourth-order valence-electron chi connectivity index (χ4n) is 5.84. The molecule has 0 aromatic rings. The third-order valence-corrected chi connectivity index (χ3v) is 7.45. The molecule has 0 spiro atoms. The van der Waals surface area contributed by atoms with Crippen LogP contribution in [0.4, 0.5) is 0 Å². The Labute approximate surface area is 183 Å². The van der Waals surface area contributed by atoms with Gasteiger partial charge in [-0.2, -0.15) is 0 Å². The quantitative estimate of drug-likeness (QED) is 0.617. The second kappa shape index (κ2) is 8.51. The second-order valence-corrected chi connectivity index (χ2v) is 11.9. The van der Waals surface area contributed by atoms with E-state index in [0.29, 0.717) is 12.3 Å². The summed E-state index contributed by atoms with van der Waals surface area (Å²) < 4.78 is 5.53. The fourth-order valence-corrected chi connectivity index (χ4v) is 5.84. The van der Waals surface area contributed by atoms with Gasteiger partial charge in [-0.25, -0.2) is 0 Å². The predicted molar refractivity (Wildman–Crippen MR) is 119 cm³/mol. The van der Waals surface area contributed by atoms with E-state index in [1.165, 1.54) is 17.7 Å². The molecule has 172 valence electrons. The Hall–Kier alpha value is -0.980. The fraction of sp³-hybridized carbons (Fsp3) is 0.917. The highest BCUT2D eigenvalue weighted by atomic mass is 16.5. The average Bonchev–Trinajstić information content (AvgIpc) is 3.19. The van der Waals surface area contributed by atoms with E-state index < -0.39 is 5.54 Å². The molecule has 3 saturated heterocycles. The Morgan fingerprint density at radius 1 is 0.867 bits per heavy atom. The summed E-state index contributed by atoms with van der Waals surface area (Å²) in [5.41, 5.74) is -0.321. The number of hydrogen-bond acceptors (Lipinski definition) is 5. The molecular weight excluding hydrogens is 378 g/mol. The van der Waals surface area contributed by atoms with E-state index in [2.05, 4.69) is 37.5 Å². The maximum atomic E-state index is 13.0. The van der Waals surface area contributed by atoms with Crippen molar-refractivity contribution < 1.29 is 14.3 Å². The number of amides is 2. The zero-order chi connectivity index (χ0) is 22.3. The van der Waals surface area contributed by atoms with E-state index in [0.717, 1.165) is 45.8 Å². The van der Waals surface area contributed by atoms with Crippen LogP contribution in [-0.2, 0) is 14.3 Å². The number of ether oxygens (including phenoxy) is 1. The van der Waals surface area contributed by atoms with Crippen molar-refractivity contribution in [2.75, 3.05) is 39.4 Å². The summed E-state index contributed by atoms with van der Waals surface area (Å²) in [5.74, 6) is 0.495. The number of likely N-dealkylation sites (tertiary alicyclic amines) is 2. The number of carbonyl (C=O) groups is 2. The van der Waals surface area contributed by atoms with Gasteiger partial charge in [0.25, 0.3) is 0 Å². The van der Waals surface area contributed by atoms with Crippen molar-refractivity contribution in [2.45, 2.75) is 90.8 Å². The van der Waals surface area contributed by atoms with E-state index in [1.807, 2.05) is 20.8 Å². The third kappa shape index (κ3) is 5.08. The van der Waals surface area contributed by atoms with Crippen LogP contribution in [0.15, 0.2) is 0 Å². The zero-order valence-electron chi connectivity index (χ0n) is 20.3. The van der Waals surface area contributed by atoms with E-state index in [9.17, 15) is 9.59 Å². The molecule has 6 heteroatoms.